The first-order chi connectivity index (χ1) is 11.2. The molecule has 0 aliphatic heterocycles. The van der Waals surface area contributed by atoms with Gasteiger partial charge in [-0.05, 0) is 38.7 Å². The molecule has 2 N–H and O–H groups in total. The van der Waals surface area contributed by atoms with E-state index in [4.69, 9.17) is 15.2 Å². The molecule has 0 aromatic carbocycles. The van der Waals surface area contributed by atoms with Gasteiger partial charge in [0.2, 0.25) is 0 Å². The molecule has 2 heterocycles. The first kappa shape index (κ1) is 15.8. The van der Waals surface area contributed by atoms with E-state index in [1.807, 2.05) is 17.7 Å². The summed E-state index contributed by atoms with van der Waals surface area (Å²) in [7, 11) is 1.86. The number of nitrogens with two attached hydrogens (primary N) is 1. The number of fused-ring (bicyclic) bond motifs is 1. The van der Waals surface area contributed by atoms with Gasteiger partial charge in [-0.2, -0.15) is 0 Å². The molecule has 3 rings (SSSR count). The van der Waals surface area contributed by atoms with E-state index >= 15 is 0 Å². The Morgan fingerprint density at radius 1 is 1.43 bits per heavy atom. The highest BCUT2D eigenvalue weighted by atomic mass is 16.5. The third kappa shape index (κ3) is 2.91. The summed E-state index contributed by atoms with van der Waals surface area (Å²) in [6.45, 7) is 2.36. The zero-order valence-electron chi connectivity index (χ0n) is 13.7. The highest BCUT2D eigenvalue weighted by Crippen LogP contribution is 2.30. The van der Waals surface area contributed by atoms with E-state index < -0.39 is 0 Å². The van der Waals surface area contributed by atoms with E-state index in [1.165, 1.54) is 12.8 Å². The lowest BCUT2D eigenvalue weighted by molar-refractivity contribution is 0.0527. The lowest BCUT2D eigenvalue weighted by Crippen LogP contribution is -2.12. The van der Waals surface area contributed by atoms with Crippen molar-refractivity contribution in [1.82, 2.24) is 9.55 Å². The molecule has 2 aromatic heterocycles. The predicted octanol–water partition coefficient (Wildman–Crippen LogP) is 2.53. The molecule has 23 heavy (non-hydrogen) atoms. The minimum atomic E-state index is -0.363. The van der Waals surface area contributed by atoms with Crippen LogP contribution in [0.3, 0.4) is 0 Å². The third-order valence-electron chi connectivity index (χ3n) is 4.40. The summed E-state index contributed by atoms with van der Waals surface area (Å²) in [4.78, 5) is 16.8. The number of aryl methyl sites for hydroxylation is 1. The van der Waals surface area contributed by atoms with Gasteiger partial charge in [0, 0.05) is 24.7 Å². The molecule has 0 spiro atoms. The van der Waals surface area contributed by atoms with Crippen LogP contribution in [0, 0.1) is 0 Å². The van der Waals surface area contributed by atoms with Crippen molar-refractivity contribution in [2.45, 2.75) is 45.3 Å². The van der Waals surface area contributed by atoms with Crippen molar-refractivity contribution in [3.05, 3.63) is 23.5 Å². The maximum absolute atomic E-state index is 12.3. The molecule has 1 fully saturated rings. The normalized spacial score (nSPS) is 15.3. The van der Waals surface area contributed by atoms with E-state index in [0.717, 1.165) is 23.9 Å². The smallest absolute Gasteiger partial charge is 0.340 e. The van der Waals surface area contributed by atoms with Gasteiger partial charge >= 0.3 is 5.97 Å². The molecule has 6 nitrogen and oxygen atoms in total. The average molecular weight is 317 g/mol. The minimum absolute atomic E-state index is 0.248. The number of aromatic nitrogens is 2. The van der Waals surface area contributed by atoms with E-state index in [1.54, 1.807) is 13.1 Å². The van der Waals surface area contributed by atoms with Gasteiger partial charge < -0.3 is 19.8 Å². The van der Waals surface area contributed by atoms with Crippen molar-refractivity contribution in [2.75, 3.05) is 6.61 Å². The van der Waals surface area contributed by atoms with Crippen LogP contribution in [0.2, 0.25) is 0 Å². The van der Waals surface area contributed by atoms with Crippen molar-refractivity contribution in [3.63, 3.8) is 0 Å². The van der Waals surface area contributed by atoms with Crippen LogP contribution in [-0.2, 0) is 18.3 Å². The van der Waals surface area contributed by atoms with Crippen LogP contribution in [0.4, 0.5) is 0 Å². The molecule has 0 saturated heterocycles. The van der Waals surface area contributed by atoms with E-state index in [9.17, 15) is 4.79 Å². The Balaban J connectivity index is 2.04. The maximum Gasteiger partial charge on any atom is 0.340 e. The molecule has 0 radical (unpaired) electrons. The second-order valence-electron chi connectivity index (χ2n) is 5.87. The molecule has 0 bridgehead atoms. The molecule has 0 amide bonds. The Hall–Kier alpha value is -2.08. The summed E-state index contributed by atoms with van der Waals surface area (Å²) in [6, 6.07) is 1.88. The average Bonchev–Trinajstić information content (AvgIpc) is 3.13. The van der Waals surface area contributed by atoms with Crippen molar-refractivity contribution in [1.29, 1.82) is 0 Å². The number of rotatable bonds is 5. The fourth-order valence-corrected chi connectivity index (χ4v) is 3.27. The van der Waals surface area contributed by atoms with Gasteiger partial charge in [-0.15, -0.1) is 0 Å². The second-order valence-corrected chi connectivity index (χ2v) is 5.87. The monoisotopic (exact) mass is 317 g/mol. The van der Waals surface area contributed by atoms with Gasteiger partial charge in [0.25, 0.3) is 0 Å². The fraction of sp³-hybridized carbons (Fsp3) is 0.529. The first-order valence-electron chi connectivity index (χ1n) is 8.16. The van der Waals surface area contributed by atoms with Crippen molar-refractivity contribution < 1.29 is 14.3 Å². The summed E-state index contributed by atoms with van der Waals surface area (Å²) in [5, 5.41) is 0.738. The zero-order valence-corrected chi connectivity index (χ0v) is 13.7. The number of ether oxygens (including phenoxy) is 2. The zero-order chi connectivity index (χ0) is 16.4. The molecule has 0 unspecified atom stereocenters. The number of hydrogen-bond donors (Lipinski definition) is 1. The SMILES string of the molecule is CCOC(=O)c1c(CN)n(C)c2ncc(OC3CCCC3)cc12. The Kier molecular flexibility index (Phi) is 4.52. The van der Waals surface area contributed by atoms with Gasteiger partial charge in [-0.3, -0.25) is 0 Å². The van der Waals surface area contributed by atoms with Crippen LogP contribution in [0.1, 0.15) is 48.7 Å². The van der Waals surface area contributed by atoms with E-state index in [2.05, 4.69) is 4.98 Å². The molecule has 1 aliphatic carbocycles. The molecule has 1 saturated carbocycles. The Morgan fingerprint density at radius 2 is 2.17 bits per heavy atom. The van der Waals surface area contributed by atoms with Gasteiger partial charge in [0.15, 0.2) is 0 Å². The molecule has 6 heteroatoms. The summed E-state index contributed by atoms with van der Waals surface area (Å²) in [6.07, 6.45) is 6.53. The fourth-order valence-electron chi connectivity index (χ4n) is 3.27. The number of nitrogens with zero attached hydrogens (tertiary/aromatic N) is 2. The third-order valence-corrected chi connectivity index (χ3v) is 4.40. The molecule has 0 atom stereocenters. The molecule has 2 aromatic rings. The van der Waals surface area contributed by atoms with Crippen LogP contribution in [0.15, 0.2) is 12.3 Å². The Bertz CT molecular complexity index is 717. The van der Waals surface area contributed by atoms with Crippen LogP contribution in [-0.4, -0.2) is 28.2 Å². The topological polar surface area (TPSA) is 79.4 Å². The van der Waals surface area contributed by atoms with Gasteiger partial charge in [-0.25, -0.2) is 9.78 Å². The summed E-state index contributed by atoms with van der Waals surface area (Å²) >= 11 is 0. The predicted molar refractivity (Wildman–Crippen MR) is 87.4 cm³/mol. The highest BCUT2D eigenvalue weighted by Gasteiger charge is 2.23. The molecular formula is C17H23N3O3. The lowest BCUT2D eigenvalue weighted by atomic mass is 10.1. The Morgan fingerprint density at radius 3 is 2.83 bits per heavy atom. The van der Waals surface area contributed by atoms with Crippen LogP contribution in [0.5, 0.6) is 5.75 Å². The van der Waals surface area contributed by atoms with Crippen LogP contribution >= 0.6 is 0 Å². The standard InChI is InChI=1S/C17H23N3O3/c1-3-22-17(21)15-13-8-12(23-11-6-4-5-7-11)10-19-16(13)20(2)14(15)9-18/h8,10-11H,3-7,9,18H2,1-2H3. The van der Waals surface area contributed by atoms with Crippen LogP contribution < -0.4 is 10.5 Å². The summed E-state index contributed by atoms with van der Waals surface area (Å²) in [5.74, 6) is 0.336. The number of pyridine rings is 1. The quantitative estimate of drug-likeness (QED) is 0.857. The molecule has 124 valence electrons. The Labute approximate surface area is 135 Å². The molecular weight excluding hydrogens is 294 g/mol. The largest absolute Gasteiger partial charge is 0.489 e. The maximum atomic E-state index is 12.3. The number of hydrogen-bond acceptors (Lipinski definition) is 5. The molecule has 1 aliphatic rings. The number of carbonyl (C=O) groups is 1. The minimum Gasteiger partial charge on any atom is -0.489 e. The van der Waals surface area contributed by atoms with Crippen molar-refractivity contribution >= 4 is 17.0 Å². The lowest BCUT2D eigenvalue weighted by Gasteiger charge is -2.12. The summed E-state index contributed by atoms with van der Waals surface area (Å²) < 4.78 is 13.0. The van der Waals surface area contributed by atoms with Gasteiger partial charge in [0.05, 0.1) is 24.5 Å². The first-order valence-corrected chi connectivity index (χ1v) is 8.16. The van der Waals surface area contributed by atoms with Crippen molar-refractivity contribution in [2.24, 2.45) is 12.8 Å². The highest BCUT2D eigenvalue weighted by molar-refractivity contribution is 6.05. The van der Waals surface area contributed by atoms with Gasteiger partial charge in [0.1, 0.15) is 11.4 Å². The van der Waals surface area contributed by atoms with E-state index in [-0.39, 0.29) is 18.6 Å². The van der Waals surface area contributed by atoms with Crippen molar-refractivity contribution in [3.8, 4) is 5.75 Å². The van der Waals surface area contributed by atoms with E-state index in [0.29, 0.717) is 23.6 Å². The summed E-state index contributed by atoms with van der Waals surface area (Å²) in [5.41, 5.74) is 7.77. The number of esters is 1. The van der Waals surface area contributed by atoms with Gasteiger partial charge in [-0.1, -0.05) is 0 Å². The second kappa shape index (κ2) is 6.58. The number of carbonyl (C=O) groups excluding carboxylic acids is 1. The van der Waals surface area contributed by atoms with Crippen LogP contribution in [0.25, 0.3) is 11.0 Å².